The van der Waals surface area contributed by atoms with Crippen molar-refractivity contribution in [1.82, 2.24) is 10.6 Å². The van der Waals surface area contributed by atoms with Crippen LogP contribution < -0.4 is 10.6 Å². The number of nitrogens with one attached hydrogen (secondary N) is 2. The number of hydrogen-bond acceptors (Lipinski definition) is 6. The van der Waals surface area contributed by atoms with Crippen molar-refractivity contribution in [2.24, 2.45) is 5.92 Å². The van der Waals surface area contributed by atoms with E-state index >= 15 is 0 Å². The van der Waals surface area contributed by atoms with Gasteiger partial charge in [0.2, 0.25) is 5.91 Å². The standard InChI is InChI=1S/C19H26N2O7/c1-4-27-15(22)10-14(18(24)25)20-17(23)16(12(2)3)21-19(26)28-11-13-8-6-5-7-9-13/h5-9,12,14,16H,4,10-11H2,1-3H3,(H,20,23)(H,21,26)(H,24,25)/t14-,16-/m1/s1. The first-order chi connectivity index (χ1) is 13.2. The molecule has 0 aromatic heterocycles. The number of aliphatic carboxylic acids is 1. The van der Waals surface area contributed by atoms with Crippen LogP contribution in [0.15, 0.2) is 30.3 Å². The largest absolute Gasteiger partial charge is 0.480 e. The average molecular weight is 394 g/mol. The molecule has 28 heavy (non-hydrogen) atoms. The van der Waals surface area contributed by atoms with Gasteiger partial charge in [-0.1, -0.05) is 44.2 Å². The lowest BCUT2D eigenvalue weighted by atomic mass is 10.0. The maximum atomic E-state index is 12.5. The SMILES string of the molecule is CCOC(=O)C[C@@H](NC(=O)[C@H](NC(=O)OCc1ccccc1)C(C)C)C(=O)O. The van der Waals surface area contributed by atoms with E-state index in [1.807, 2.05) is 6.07 Å². The van der Waals surface area contributed by atoms with Crippen molar-refractivity contribution < 1.29 is 33.8 Å². The van der Waals surface area contributed by atoms with Gasteiger partial charge in [-0.05, 0) is 18.4 Å². The van der Waals surface area contributed by atoms with E-state index in [0.29, 0.717) is 0 Å². The minimum absolute atomic E-state index is 0.0275. The van der Waals surface area contributed by atoms with E-state index in [9.17, 15) is 24.3 Å². The second kappa shape index (κ2) is 11.6. The average Bonchev–Trinajstić information content (AvgIpc) is 2.64. The topological polar surface area (TPSA) is 131 Å². The molecule has 0 unspecified atom stereocenters. The molecule has 1 aromatic rings. The van der Waals surface area contributed by atoms with Crippen molar-refractivity contribution in [2.45, 2.75) is 45.9 Å². The summed E-state index contributed by atoms with van der Waals surface area (Å²) in [6.07, 6.45) is -1.33. The van der Waals surface area contributed by atoms with Crippen LogP contribution in [0.1, 0.15) is 32.8 Å². The number of ether oxygens (including phenoxy) is 2. The summed E-state index contributed by atoms with van der Waals surface area (Å²) in [6.45, 7) is 5.08. The predicted molar refractivity (Wildman–Crippen MR) is 99.2 cm³/mol. The van der Waals surface area contributed by atoms with E-state index < -0.39 is 42.4 Å². The lowest BCUT2D eigenvalue weighted by Crippen LogP contribution is -2.54. The molecular weight excluding hydrogens is 368 g/mol. The van der Waals surface area contributed by atoms with Gasteiger partial charge in [0.25, 0.3) is 0 Å². The summed E-state index contributed by atoms with van der Waals surface area (Å²) >= 11 is 0. The fourth-order valence-corrected chi connectivity index (χ4v) is 2.27. The molecule has 154 valence electrons. The first-order valence-electron chi connectivity index (χ1n) is 8.90. The molecule has 9 nitrogen and oxygen atoms in total. The molecule has 0 aliphatic rings. The number of carboxylic acids is 1. The molecule has 0 radical (unpaired) electrons. The van der Waals surface area contributed by atoms with Gasteiger partial charge < -0.3 is 25.2 Å². The zero-order valence-electron chi connectivity index (χ0n) is 16.1. The van der Waals surface area contributed by atoms with Crippen LogP contribution in [0.25, 0.3) is 0 Å². The van der Waals surface area contributed by atoms with Gasteiger partial charge in [0.05, 0.1) is 13.0 Å². The first-order valence-corrected chi connectivity index (χ1v) is 8.90. The number of amides is 2. The summed E-state index contributed by atoms with van der Waals surface area (Å²) in [5.41, 5.74) is 0.781. The van der Waals surface area contributed by atoms with Gasteiger partial charge in [0.15, 0.2) is 0 Å². The third-order valence-corrected chi connectivity index (χ3v) is 3.73. The number of hydrogen-bond donors (Lipinski definition) is 3. The predicted octanol–water partition coefficient (Wildman–Crippen LogP) is 1.46. The number of carbonyl (C=O) groups excluding carboxylic acids is 3. The van der Waals surface area contributed by atoms with E-state index in [-0.39, 0.29) is 19.1 Å². The van der Waals surface area contributed by atoms with E-state index in [4.69, 9.17) is 9.47 Å². The molecule has 0 aliphatic carbocycles. The maximum absolute atomic E-state index is 12.5. The Labute approximate surface area is 163 Å². The van der Waals surface area contributed by atoms with Crippen molar-refractivity contribution in [1.29, 1.82) is 0 Å². The summed E-state index contributed by atoms with van der Waals surface area (Å²) in [5, 5.41) is 13.9. The lowest BCUT2D eigenvalue weighted by molar-refractivity contribution is -0.150. The Bertz CT molecular complexity index is 676. The van der Waals surface area contributed by atoms with E-state index in [1.54, 1.807) is 45.0 Å². The van der Waals surface area contributed by atoms with Crippen molar-refractivity contribution in [2.75, 3.05) is 6.61 Å². The Morgan fingerprint density at radius 2 is 1.68 bits per heavy atom. The highest BCUT2D eigenvalue weighted by atomic mass is 16.5. The fourth-order valence-electron chi connectivity index (χ4n) is 2.27. The molecule has 0 bridgehead atoms. The summed E-state index contributed by atoms with van der Waals surface area (Å²) in [5.74, 6) is -3.20. The third-order valence-electron chi connectivity index (χ3n) is 3.73. The molecular formula is C19H26N2O7. The highest BCUT2D eigenvalue weighted by Crippen LogP contribution is 2.06. The number of alkyl carbamates (subject to hydrolysis) is 1. The van der Waals surface area contributed by atoms with Crippen LogP contribution in [0.4, 0.5) is 4.79 Å². The summed E-state index contributed by atoms with van der Waals surface area (Å²) < 4.78 is 9.79. The van der Waals surface area contributed by atoms with Gasteiger partial charge in [0.1, 0.15) is 18.7 Å². The van der Waals surface area contributed by atoms with Gasteiger partial charge in [-0.15, -0.1) is 0 Å². The van der Waals surface area contributed by atoms with Crippen molar-refractivity contribution in [3.05, 3.63) is 35.9 Å². The van der Waals surface area contributed by atoms with Gasteiger partial charge in [0, 0.05) is 0 Å². The minimum Gasteiger partial charge on any atom is -0.480 e. The molecule has 9 heteroatoms. The molecule has 2 amide bonds. The molecule has 0 aliphatic heterocycles. The van der Waals surface area contributed by atoms with E-state index in [0.717, 1.165) is 5.56 Å². The normalized spacial score (nSPS) is 12.6. The quantitative estimate of drug-likeness (QED) is 0.512. The van der Waals surface area contributed by atoms with Crippen molar-refractivity contribution >= 4 is 23.9 Å². The van der Waals surface area contributed by atoms with Gasteiger partial charge in [-0.25, -0.2) is 9.59 Å². The molecule has 0 saturated carbocycles. The monoisotopic (exact) mass is 394 g/mol. The molecule has 3 N–H and O–H groups in total. The van der Waals surface area contributed by atoms with Crippen LogP contribution in [0, 0.1) is 5.92 Å². The Balaban J connectivity index is 2.66. The smallest absolute Gasteiger partial charge is 0.408 e. The zero-order valence-corrected chi connectivity index (χ0v) is 16.1. The van der Waals surface area contributed by atoms with Crippen LogP contribution in [-0.4, -0.2) is 47.7 Å². The number of rotatable bonds is 10. The Morgan fingerprint density at radius 1 is 1.04 bits per heavy atom. The molecule has 1 rings (SSSR count). The van der Waals surface area contributed by atoms with Gasteiger partial charge in [-0.3, -0.25) is 9.59 Å². The molecule has 0 fully saturated rings. The molecule has 2 atom stereocenters. The highest BCUT2D eigenvalue weighted by Gasteiger charge is 2.30. The number of esters is 1. The summed E-state index contributed by atoms with van der Waals surface area (Å²) in [4.78, 5) is 47.3. The zero-order chi connectivity index (χ0) is 21.1. The summed E-state index contributed by atoms with van der Waals surface area (Å²) in [6, 6.07) is 6.51. The summed E-state index contributed by atoms with van der Waals surface area (Å²) in [7, 11) is 0. The molecule has 0 saturated heterocycles. The second-order valence-electron chi connectivity index (χ2n) is 6.34. The highest BCUT2D eigenvalue weighted by molar-refractivity contribution is 5.91. The maximum Gasteiger partial charge on any atom is 0.408 e. The number of carbonyl (C=O) groups is 4. The minimum atomic E-state index is -1.46. The van der Waals surface area contributed by atoms with Gasteiger partial charge in [-0.2, -0.15) is 0 Å². The van der Waals surface area contributed by atoms with E-state index in [1.165, 1.54) is 0 Å². The third kappa shape index (κ3) is 8.07. The van der Waals surface area contributed by atoms with Crippen LogP contribution in [0.5, 0.6) is 0 Å². The number of benzene rings is 1. The van der Waals surface area contributed by atoms with Crippen LogP contribution in [0.3, 0.4) is 0 Å². The second-order valence-corrected chi connectivity index (χ2v) is 6.34. The molecule has 0 heterocycles. The van der Waals surface area contributed by atoms with E-state index in [2.05, 4.69) is 10.6 Å². The van der Waals surface area contributed by atoms with Crippen molar-refractivity contribution in [3.63, 3.8) is 0 Å². The Hall–Kier alpha value is -3.10. The molecule has 1 aromatic carbocycles. The first kappa shape index (κ1) is 22.9. The Kier molecular flexibility index (Phi) is 9.49. The van der Waals surface area contributed by atoms with Crippen LogP contribution in [0.2, 0.25) is 0 Å². The fraction of sp³-hybridized carbons (Fsp3) is 0.474. The van der Waals surface area contributed by atoms with Crippen LogP contribution in [-0.2, 0) is 30.5 Å². The molecule has 0 spiro atoms. The Morgan fingerprint density at radius 3 is 2.21 bits per heavy atom. The number of carboxylic acid groups (broad SMARTS) is 1. The lowest BCUT2D eigenvalue weighted by Gasteiger charge is -2.23. The van der Waals surface area contributed by atoms with Gasteiger partial charge >= 0.3 is 18.0 Å². The van der Waals surface area contributed by atoms with Crippen LogP contribution >= 0.6 is 0 Å². The van der Waals surface area contributed by atoms with Crippen molar-refractivity contribution in [3.8, 4) is 0 Å².